The lowest BCUT2D eigenvalue weighted by atomic mass is 10.0. The number of esters is 1. The smallest absolute Gasteiger partial charge is 0.308 e. The molecule has 15 heavy (non-hydrogen) atoms. The van der Waals surface area contributed by atoms with Crippen LogP contribution in [0.5, 0.6) is 5.75 Å². The molecule has 2 N–H and O–H groups in total. The van der Waals surface area contributed by atoms with Gasteiger partial charge in [-0.1, -0.05) is 18.2 Å². The normalized spacial score (nSPS) is 11.9. The van der Waals surface area contributed by atoms with E-state index in [1.807, 2.05) is 12.1 Å². The van der Waals surface area contributed by atoms with Crippen molar-refractivity contribution in [3.63, 3.8) is 0 Å². The second kappa shape index (κ2) is 5.32. The van der Waals surface area contributed by atoms with Gasteiger partial charge < -0.3 is 10.5 Å². The number of benzene rings is 1. The molecule has 3 nitrogen and oxygen atoms in total. The lowest BCUT2D eigenvalue weighted by Crippen LogP contribution is -2.09. The zero-order valence-corrected chi connectivity index (χ0v) is 8.77. The molecule has 1 aromatic carbocycles. The third-order valence-electron chi connectivity index (χ3n) is 1.99. The van der Waals surface area contributed by atoms with Crippen LogP contribution in [0.1, 0.15) is 24.9 Å². The number of hydrogen-bond donors (Lipinski definition) is 1. The molecular weight excluding hydrogens is 190 g/mol. The Morgan fingerprint density at radius 2 is 2.13 bits per heavy atom. The Kier molecular flexibility index (Phi) is 4.06. The standard InChI is InChI=1S/C12H15NO2/c1-3-4-12(13)10-5-7-11(8-6-10)15-9(2)14/h3,5-8,12H,1,4,13H2,2H3/t12-/m1/s1. The van der Waals surface area contributed by atoms with E-state index in [0.717, 1.165) is 12.0 Å². The van der Waals surface area contributed by atoms with E-state index >= 15 is 0 Å². The maximum Gasteiger partial charge on any atom is 0.308 e. The van der Waals surface area contributed by atoms with Gasteiger partial charge in [0.05, 0.1) is 0 Å². The molecule has 0 heterocycles. The zero-order chi connectivity index (χ0) is 11.3. The van der Waals surface area contributed by atoms with Crippen molar-refractivity contribution in [2.45, 2.75) is 19.4 Å². The summed E-state index contributed by atoms with van der Waals surface area (Å²) in [5.41, 5.74) is 6.88. The van der Waals surface area contributed by atoms with Crippen LogP contribution in [0.2, 0.25) is 0 Å². The molecule has 0 aliphatic heterocycles. The van der Waals surface area contributed by atoms with Crippen LogP contribution >= 0.6 is 0 Å². The third kappa shape index (κ3) is 3.56. The van der Waals surface area contributed by atoms with Crippen molar-refractivity contribution < 1.29 is 9.53 Å². The molecule has 80 valence electrons. The first-order valence-corrected chi connectivity index (χ1v) is 4.78. The molecule has 1 aromatic rings. The summed E-state index contributed by atoms with van der Waals surface area (Å²) in [6.07, 6.45) is 2.51. The number of ether oxygens (including phenoxy) is 1. The minimum absolute atomic E-state index is 0.0473. The Morgan fingerprint density at radius 3 is 2.60 bits per heavy atom. The van der Waals surface area contributed by atoms with Crippen LogP contribution in [0.3, 0.4) is 0 Å². The molecule has 0 radical (unpaired) electrons. The van der Waals surface area contributed by atoms with Crippen molar-refractivity contribution in [3.05, 3.63) is 42.5 Å². The van der Waals surface area contributed by atoms with Gasteiger partial charge in [0, 0.05) is 13.0 Å². The van der Waals surface area contributed by atoms with Gasteiger partial charge in [-0.3, -0.25) is 4.79 Å². The largest absolute Gasteiger partial charge is 0.427 e. The van der Waals surface area contributed by atoms with Gasteiger partial charge in [-0.25, -0.2) is 0 Å². The van der Waals surface area contributed by atoms with Gasteiger partial charge in [-0.15, -0.1) is 6.58 Å². The fraction of sp³-hybridized carbons (Fsp3) is 0.250. The monoisotopic (exact) mass is 205 g/mol. The summed E-state index contributed by atoms with van der Waals surface area (Å²) in [6.45, 7) is 5.01. The van der Waals surface area contributed by atoms with Gasteiger partial charge in [-0.05, 0) is 24.1 Å². The summed E-state index contributed by atoms with van der Waals surface area (Å²) in [4.78, 5) is 10.7. The van der Waals surface area contributed by atoms with Crippen LogP contribution in [0, 0.1) is 0 Å². The molecular formula is C12H15NO2. The average Bonchev–Trinajstić information content (AvgIpc) is 2.18. The lowest BCUT2D eigenvalue weighted by molar-refractivity contribution is -0.131. The highest BCUT2D eigenvalue weighted by Gasteiger charge is 2.04. The molecule has 1 atom stereocenters. The maximum atomic E-state index is 10.7. The zero-order valence-electron chi connectivity index (χ0n) is 8.77. The number of carbonyl (C=O) groups excluding carboxylic acids is 1. The highest BCUT2D eigenvalue weighted by Crippen LogP contribution is 2.18. The molecule has 0 aliphatic rings. The molecule has 0 bridgehead atoms. The molecule has 0 aromatic heterocycles. The molecule has 0 saturated heterocycles. The van der Waals surface area contributed by atoms with Crippen LogP contribution in [0.25, 0.3) is 0 Å². The van der Waals surface area contributed by atoms with Crippen molar-refractivity contribution in [2.75, 3.05) is 0 Å². The SMILES string of the molecule is C=CC[C@@H](N)c1ccc(OC(C)=O)cc1. The molecule has 0 aliphatic carbocycles. The van der Waals surface area contributed by atoms with Crippen LogP contribution in [0.4, 0.5) is 0 Å². The molecule has 0 fully saturated rings. The van der Waals surface area contributed by atoms with Gasteiger partial charge in [0.15, 0.2) is 0 Å². The minimum Gasteiger partial charge on any atom is -0.427 e. The Hall–Kier alpha value is -1.61. The van der Waals surface area contributed by atoms with Gasteiger partial charge in [0.25, 0.3) is 0 Å². The van der Waals surface area contributed by atoms with Gasteiger partial charge in [0.1, 0.15) is 5.75 Å². The average molecular weight is 205 g/mol. The highest BCUT2D eigenvalue weighted by molar-refractivity contribution is 5.69. The van der Waals surface area contributed by atoms with E-state index in [1.165, 1.54) is 6.92 Å². The first-order chi connectivity index (χ1) is 7.13. The second-order valence-corrected chi connectivity index (χ2v) is 3.29. The number of hydrogen-bond acceptors (Lipinski definition) is 3. The van der Waals surface area contributed by atoms with Crippen molar-refractivity contribution in [1.82, 2.24) is 0 Å². The molecule has 1 rings (SSSR count). The minimum atomic E-state index is -0.321. The van der Waals surface area contributed by atoms with Crippen LogP contribution in [-0.4, -0.2) is 5.97 Å². The highest BCUT2D eigenvalue weighted by atomic mass is 16.5. The topological polar surface area (TPSA) is 52.3 Å². The van der Waals surface area contributed by atoms with Crippen molar-refractivity contribution in [1.29, 1.82) is 0 Å². The van der Waals surface area contributed by atoms with Crippen LogP contribution in [-0.2, 0) is 4.79 Å². The number of nitrogens with two attached hydrogens (primary N) is 1. The van der Waals surface area contributed by atoms with E-state index in [1.54, 1.807) is 18.2 Å². The van der Waals surface area contributed by atoms with Crippen molar-refractivity contribution >= 4 is 5.97 Å². The van der Waals surface area contributed by atoms with Crippen LogP contribution < -0.4 is 10.5 Å². The molecule has 0 amide bonds. The predicted molar refractivity (Wildman–Crippen MR) is 59.5 cm³/mol. The Balaban J connectivity index is 2.71. The quantitative estimate of drug-likeness (QED) is 0.465. The van der Waals surface area contributed by atoms with E-state index in [2.05, 4.69) is 6.58 Å². The lowest BCUT2D eigenvalue weighted by Gasteiger charge is -2.09. The molecule has 0 saturated carbocycles. The van der Waals surface area contributed by atoms with E-state index in [4.69, 9.17) is 10.5 Å². The molecule has 0 unspecified atom stereocenters. The second-order valence-electron chi connectivity index (χ2n) is 3.29. The molecule has 3 heteroatoms. The summed E-state index contributed by atoms with van der Waals surface area (Å²) in [5.74, 6) is 0.218. The summed E-state index contributed by atoms with van der Waals surface area (Å²) in [7, 11) is 0. The number of rotatable bonds is 4. The van der Waals surface area contributed by atoms with E-state index in [9.17, 15) is 4.79 Å². The Bertz CT molecular complexity index is 343. The summed E-state index contributed by atoms with van der Waals surface area (Å²) in [5, 5.41) is 0. The summed E-state index contributed by atoms with van der Waals surface area (Å²) >= 11 is 0. The fourth-order valence-corrected chi connectivity index (χ4v) is 1.26. The molecule has 0 spiro atoms. The predicted octanol–water partition coefficient (Wildman–Crippen LogP) is 2.19. The Labute approximate surface area is 89.5 Å². The van der Waals surface area contributed by atoms with Crippen molar-refractivity contribution in [2.24, 2.45) is 5.73 Å². The van der Waals surface area contributed by atoms with Gasteiger partial charge in [0.2, 0.25) is 0 Å². The van der Waals surface area contributed by atoms with E-state index in [0.29, 0.717) is 5.75 Å². The Morgan fingerprint density at radius 1 is 1.53 bits per heavy atom. The number of carbonyl (C=O) groups is 1. The summed E-state index contributed by atoms with van der Waals surface area (Å²) < 4.78 is 4.91. The van der Waals surface area contributed by atoms with Gasteiger partial charge in [-0.2, -0.15) is 0 Å². The summed E-state index contributed by atoms with van der Waals surface area (Å²) in [6, 6.07) is 7.13. The van der Waals surface area contributed by atoms with E-state index < -0.39 is 0 Å². The van der Waals surface area contributed by atoms with E-state index in [-0.39, 0.29) is 12.0 Å². The van der Waals surface area contributed by atoms with Crippen LogP contribution in [0.15, 0.2) is 36.9 Å². The van der Waals surface area contributed by atoms with Crippen molar-refractivity contribution in [3.8, 4) is 5.75 Å². The first kappa shape index (κ1) is 11.5. The van der Waals surface area contributed by atoms with Gasteiger partial charge >= 0.3 is 5.97 Å². The maximum absolute atomic E-state index is 10.7. The first-order valence-electron chi connectivity index (χ1n) is 4.78. The third-order valence-corrected chi connectivity index (χ3v) is 1.99. The fourth-order valence-electron chi connectivity index (χ4n) is 1.26.